The Bertz CT molecular complexity index is 140. The molecule has 0 rings (SSSR count). The van der Waals surface area contributed by atoms with Crippen LogP contribution < -0.4 is 0 Å². The quantitative estimate of drug-likeness (QED) is 0.616. The van der Waals surface area contributed by atoms with Crippen molar-refractivity contribution in [3.05, 3.63) is 0 Å². The molecule has 0 atom stereocenters. The molecule has 0 fully saturated rings. The number of carbonyl (C=O) groups is 1. The van der Waals surface area contributed by atoms with Gasteiger partial charge in [0.15, 0.2) is 0 Å². The first-order valence-electron chi connectivity index (χ1n) is 4.02. The van der Waals surface area contributed by atoms with E-state index in [2.05, 4.69) is 21.0 Å². The molecule has 0 heterocycles. The van der Waals surface area contributed by atoms with Gasteiger partial charge in [-0.3, -0.25) is 4.79 Å². The molecule has 0 unspecified atom stereocenters. The van der Waals surface area contributed by atoms with Crippen LogP contribution in [-0.2, 0) is 4.79 Å². The summed E-state index contributed by atoms with van der Waals surface area (Å²) in [6.45, 7) is 4.11. The van der Waals surface area contributed by atoms with Crippen molar-refractivity contribution in [1.29, 1.82) is 0 Å². The molecule has 11 heavy (non-hydrogen) atoms. The maximum absolute atomic E-state index is 10.2. The molecule has 0 aliphatic carbocycles. The van der Waals surface area contributed by atoms with Crippen LogP contribution in [-0.4, -0.2) is 42.7 Å². The molecule has 3 heteroatoms. The second kappa shape index (κ2) is 4.34. The number of nitrogens with zero attached hydrogens (tertiary/aromatic N) is 1. The third-order valence-corrected chi connectivity index (χ3v) is 2.01. The van der Waals surface area contributed by atoms with Gasteiger partial charge in [0.25, 0.3) is 0 Å². The fourth-order valence-electron chi connectivity index (χ4n) is 0.816. The smallest absolute Gasteiger partial charge is 0.481 e. The summed E-state index contributed by atoms with van der Waals surface area (Å²) in [7, 11) is 4.23. The summed E-state index contributed by atoms with van der Waals surface area (Å²) in [4.78, 5) is 10.2. The van der Waals surface area contributed by atoms with Gasteiger partial charge in [-0.15, -0.1) is 0 Å². The molecule has 0 spiro atoms. The fraction of sp³-hybridized carbons (Fsp3) is 0.875. The van der Waals surface area contributed by atoms with Crippen molar-refractivity contribution in [1.82, 2.24) is 0 Å². The summed E-state index contributed by atoms with van der Waals surface area (Å²) in [5, 5.41) is 8.38. The van der Waals surface area contributed by atoms with E-state index >= 15 is 0 Å². The molecule has 0 saturated carbocycles. The van der Waals surface area contributed by atoms with E-state index < -0.39 is 5.97 Å². The number of hydrogen-bond donors (Lipinski definition) is 1. The molecule has 1 N–H and O–H groups in total. The van der Waals surface area contributed by atoms with Gasteiger partial charge < -0.3 is 9.59 Å². The van der Waals surface area contributed by atoms with E-state index in [0.717, 1.165) is 24.0 Å². The molecule has 0 aromatic carbocycles. The Morgan fingerprint density at radius 3 is 2.45 bits per heavy atom. The van der Waals surface area contributed by atoms with E-state index in [4.69, 9.17) is 5.11 Å². The molecule has 3 nitrogen and oxygen atoms in total. The highest BCUT2D eigenvalue weighted by Gasteiger charge is 2.11. The number of hydrogen-bond acceptors (Lipinski definition) is 1. The largest absolute Gasteiger partial charge is 1.00 e. The molecular weight excluding hydrogens is 142 g/mol. The molecule has 66 valence electrons. The number of quaternary nitrogens is 1. The van der Waals surface area contributed by atoms with Gasteiger partial charge in [-0.2, -0.15) is 0 Å². The molecule has 0 aliphatic heterocycles. The number of aliphatic carboxylic acids is 1. The molecule has 0 amide bonds. The fourth-order valence-corrected chi connectivity index (χ4v) is 0.816. The standard InChI is InChI=1S/C8H17NO2/c1-4-9(2,3)7-5-6-8(10)11/h4-7H2,1-3H3/p+3. The summed E-state index contributed by atoms with van der Waals surface area (Å²) in [5.74, 6) is -0.693. The monoisotopic (exact) mass is 162 g/mol. The minimum Gasteiger partial charge on any atom is -0.481 e. The first-order chi connectivity index (χ1) is 4.98. The lowest BCUT2D eigenvalue weighted by molar-refractivity contribution is -0.888. The highest BCUT2D eigenvalue weighted by molar-refractivity contribution is 5.66. The second-order valence-corrected chi connectivity index (χ2v) is 3.47. The Balaban J connectivity index is -0.000000500. The van der Waals surface area contributed by atoms with Crippen LogP contribution in [0.2, 0.25) is 0 Å². The number of rotatable bonds is 5. The van der Waals surface area contributed by atoms with Crippen molar-refractivity contribution < 1.29 is 17.2 Å². The van der Waals surface area contributed by atoms with Crippen molar-refractivity contribution in [3.63, 3.8) is 0 Å². The van der Waals surface area contributed by atoms with Crippen molar-refractivity contribution in [2.45, 2.75) is 19.8 Å². The molecule has 0 aliphatic rings. The average Bonchev–Trinajstić information content (AvgIpc) is 1.87. The summed E-state index contributed by atoms with van der Waals surface area (Å²) < 4.78 is 0.910. The third kappa shape index (κ3) is 5.85. The van der Waals surface area contributed by atoms with E-state index in [0.29, 0.717) is 6.42 Å². The first kappa shape index (κ1) is 10.4. The maximum Gasteiger partial charge on any atom is 1.00 e. The van der Waals surface area contributed by atoms with Crippen LogP contribution in [0.1, 0.15) is 22.6 Å². The summed E-state index contributed by atoms with van der Waals surface area (Å²) in [5.41, 5.74) is 0. The van der Waals surface area contributed by atoms with E-state index in [1.54, 1.807) is 0 Å². The second-order valence-electron chi connectivity index (χ2n) is 3.47. The zero-order valence-electron chi connectivity index (χ0n) is 9.63. The molecular formula is C8H20NO2+3. The van der Waals surface area contributed by atoms with E-state index in [-0.39, 0.29) is 2.85 Å². The summed E-state index contributed by atoms with van der Waals surface area (Å²) >= 11 is 0. The Morgan fingerprint density at radius 1 is 1.55 bits per heavy atom. The third-order valence-electron chi connectivity index (χ3n) is 2.01. The lowest BCUT2D eigenvalue weighted by atomic mass is 10.3. The van der Waals surface area contributed by atoms with Gasteiger partial charge in [0.05, 0.1) is 33.6 Å². The Labute approximate surface area is 71.2 Å². The predicted octanol–water partition coefficient (Wildman–Crippen LogP) is 1.17. The maximum atomic E-state index is 10.2. The predicted molar refractivity (Wildman–Crippen MR) is 46.6 cm³/mol. The van der Waals surface area contributed by atoms with Gasteiger partial charge >= 0.3 is 8.82 Å². The minimum atomic E-state index is -0.693. The minimum absolute atomic E-state index is 0. The number of carboxylic acid groups (broad SMARTS) is 1. The van der Waals surface area contributed by atoms with Gasteiger partial charge in [-0.1, -0.05) is 0 Å². The number of carboxylic acids is 1. The molecule has 0 saturated heterocycles. The lowest BCUT2D eigenvalue weighted by Crippen LogP contribution is -2.40. The van der Waals surface area contributed by atoms with Crippen LogP contribution in [0.5, 0.6) is 0 Å². The zero-order chi connectivity index (χ0) is 8.91. The summed E-state index contributed by atoms with van der Waals surface area (Å²) in [6.07, 6.45) is 1.07. The highest BCUT2D eigenvalue weighted by atomic mass is 16.4. The van der Waals surface area contributed by atoms with Crippen molar-refractivity contribution in [2.75, 3.05) is 27.2 Å². The lowest BCUT2D eigenvalue weighted by Gasteiger charge is -2.27. The van der Waals surface area contributed by atoms with Crippen LogP contribution in [0, 0.1) is 0 Å². The Morgan fingerprint density at radius 2 is 2.09 bits per heavy atom. The van der Waals surface area contributed by atoms with Crippen molar-refractivity contribution >= 4 is 5.97 Å². The van der Waals surface area contributed by atoms with Gasteiger partial charge in [0, 0.05) is 6.42 Å². The molecule has 0 aromatic rings. The van der Waals surface area contributed by atoms with Gasteiger partial charge in [0.2, 0.25) is 0 Å². The zero-order valence-corrected chi connectivity index (χ0v) is 7.63. The van der Waals surface area contributed by atoms with Crippen LogP contribution in [0.4, 0.5) is 0 Å². The first-order valence-corrected chi connectivity index (χ1v) is 4.02. The van der Waals surface area contributed by atoms with Crippen LogP contribution in [0.25, 0.3) is 0 Å². The molecule has 0 bridgehead atoms. The van der Waals surface area contributed by atoms with Crippen LogP contribution >= 0.6 is 0 Å². The molecule has 0 aromatic heterocycles. The van der Waals surface area contributed by atoms with Crippen LogP contribution in [0.15, 0.2) is 0 Å². The van der Waals surface area contributed by atoms with E-state index in [1.807, 2.05) is 0 Å². The van der Waals surface area contributed by atoms with Gasteiger partial charge in [0.1, 0.15) is 0 Å². The highest BCUT2D eigenvalue weighted by Crippen LogP contribution is 2.00. The van der Waals surface area contributed by atoms with Gasteiger partial charge in [-0.05, 0) is 6.92 Å². The Hall–Kier alpha value is -0.570. The topological polar surface area (TPSA) is 37.3 Å². The van der Waals surface area contributed by atoms with Crippen LogP contribution in [0.3, 0.4) is 0 Å². The van der Waals surface area contributed by atoms with E-state index in [9.17, 15) is 4.79 Å². The molecule has 0 radical (unpaired) electrons. The van der Waals surface area contributed by atoms with Crippen molar-refractivity contribution in [3.8, 4) is 0 Å². The Kier molecular flexibility index (Phi) is 4.11. The van der Waals surface area contributed by atoms with Crippen molar-refractivity contribution in [2.24, 2.45) is 0 Å². The van der Waals surface area contributed by atoms with Gasteiger partial charge in [-0.25, -0.2) is 0 Å². The normalized spacial score (nSPS) is 11.5. The SMILES string of the molecule is CC[N+](C)(C)CCCC(=O)O.[H+].[H+]. The summed E-state index contributed by atoms with van der Waals surface area (Å²) in [6, 6.07) is 0. The van der Waals surface area contributed by atoms with E-state index in [1.165, 1.54) is 0 Å². The average molecular weight is 162 g/mol.